The molecule has 1 aromatic carbocycles. The third kappa shape index (κ3) is 16.1. The summed E-state index contributed by atoms with van der Waals surface area (Å²) in [4.78, 5) is 29.8. The molecule has 0 saturated heterocycles. The lowest BCUT2D eigenvalue weighted by molar-refractivity contribution is -0.115. The number of nitrogens with one attached hydrogen (secondary N) is 1. The Morgan fingerprint density at radius 3 is 1.62 bits per heavy atom. The molecule has 0 saturated carbocycles. The van der Waals surface area contributed by atoms with Crippen LogP contribution in [0.3, 0.4) is 0 Å². The van der Waals surface area contributed by atoms with Gasteiger partial charge in [0.05, 0.1) is 18.1 Å². The summed E-state index contributed by atoms with van der Waals surface area (Å²) in [6.45, 7) is 46.1. The summed E-state index contributed by atoms with van der Waals surface area (Å²) in [5.41, 5.74) is 2.91. The first-order valence-corrected chi connectivity index (χ1v) is 28.9. The highest BCUT2D eigenvalue weighted by atomic mass is 35.5. The molecule has 10 heteroatoms. The van der Waals surface area contributed by atoms with E-state index >= 15 is 0 Å². The maximum Gasteiger partial charge on any atom is 0.500 e. The topological polar surface area (TPSA) is 96.0 Å². The van der Waals surface area contributed by atoms with Crippen LogP contribution in [0.5, 0.6) is 0 Å². The molecule has 2 aromatic rings. The second-order valence-corrected chi connectivity index (χ2v) is 25.9. The van der Waals surface area contributed by atoms with Gasteiger partial charge in [-0.15, -0.1) is 11.6 Å². The number of nitrogens with zero attached hydrogens (tertiary/aromatic N) is 1. The SMILES string of the molecule is CCC(C)C(C)C(C)C(C)C(C)C(C)(O[Si](CCCNC(=O)c1ccc(CCC(Cl)c2cc(C)nc(C(=O)OC)c2)cc1)(OC)OC)C(C)C(C)C(C)C(C)C(C)C(C)C(C)C(C)C(C)C(C)C. The molecule has 1 aromatic heterocycles. The number of hydrogen-bond donors (Lipinski definition) is 1. The fourth-order valence-electron chi connectivity index (χ4n) is 11.1. The van der Waals surface area contributed by atoms with E-state index in [-0.39, 0.29) is 28.8 Å². The minimum absolute atomic E-state index is 0.124. The highest BCUT2D eigenvalue weighted by Crippen LogP contribution is 2.48. The lowest BCUT2D eigenvalue weighted by Gasteiger charge is -2.52. The van der Waals surface area contributed by atoms with Crippen molar-refractivity contribution in [1.29, 1.82) is 0 Å². The molecule has 0 aliphatic rings. The molecule has 2 rings (SSSR count). The first-order chi connectivity index (χ1) is 31.7. The van der Waals surface area contributed by atoms with Crippen LogP contribution in [0.4, 0.5) is 0 Å². The van der Waals surface area contributed by atoms with Crippen LogP contribution in [0.25, 0.3) is 0 Å². The smallest absolute Gasteiger partial charge is 0.464 e. The van der Waals surface area contributed by atoms with Gasteiger partial charge in [0, 0.05) is 38.1 Å². The Kier molecular flexibility index (Phi) is 25.5. The second kappa shape index (κ2) is 28.1. The van der Waals surface area contributed by atoms with Crippen molar-refractivity contribution in [2.75, 3.05) is 27.9 Å². The van der Waals surface area contributed by atoms with Gasteiger partial charge < -0.3 is 23.3 Å². The van der Waals surface area contributed by atoms with E-state index in [4.69, 9.17) is 29.6 Å². The molecule has 390 valence electrons. The molecule has 0 bridgehead atoms. The standard InChI is InChI=1S/C58H101ClN2O6Si/c1-23-36(4)39(7)41(9)47(15)49(17)58(19,50(18)48(16)46(14)45(13)44(12)43(11)42(10)40(8)38(6)35(2)3)67-68(65-21,66-22)32-24-31-60-56(62)52-28-25-51(26-29-52)27-30-54(59)53-33-37(5)61-55(34-53)57(63)64-20/h25-26,28-29,33-36,38-50,54H,23-24,27,30-32H2,1-22H3,(H,60,62). The number of aryl methyl sites for hydroxylation is 2. The summed E-state index contributed by atoms with van der Waals surface area (Å²) < 4.78 is 25.3. The van der Waals surface area contributed by atoms with Crippen molar-refractivity contribution in [2.45, 2.75) is 174 Å². The van der Waals surface area contributed by atoms with Crippen LogP contribution in [0.15, 0.2) is 36.4 Å². The van der Waals surface area contributed by atoms with Gasteiger partial charge in [0.1, 0.15) is 5.69 Å². The van der Waals surface area contributed by atoms with Crippen LogP contribution < -0.4 is 5.32 Å². The lowest BCUT2D eigenvalue weighted by Crippen LogP contribution is -2.59. The Labute approximate surface area is 423 Å². The number of carbonyl (C=O) groups is 2. The van der Waals surface area contributed by atoms with Crippen molar-refractivity contribution in [1.82, 2.24) is 10.3 Å². The highest BCUT2D eigenvalue weighted by molar-refractivity contribution is 6.60. The van der Waals surface area contributed by atoms with E-state index in [1.807, 2.05) is 37.3 Å². The molecular formula is C58H101ClN2O6Si. The molecule has 1 N–H and O–H groups in total. The van der Waals surface area contributed by atoms with E-state index in [1.165, 1.54) is 13.5 Å². The monoisotopic (exact) mass is 985 g/mol. The number of amides is 1. The van der Waals surface area contributed by atoms with Crippen LogP contribution in [0, 0.1) is 95.7 Å². The third-order valence-electron chi connectivity index (χ3n) is 19.0. The molecule has 1 amide bonds. The zero-order valence-electron chi connectivity index (χ0n) is 47.2. The molecule has 8 nitrogen and oxygen atoms in total. The van der Waals surface area contributed by atoms with E-state index in [0.29, 0.717) is 120 Å². The van der Waals surface area contributed by atoms with Crippen LogP contribution in [-0.4, -0.2) is 59.1 Å². The van der Waals surface area contributed by atoms with Crippen molar-refractivity contribution in [2.24, 2.45) is 88.8 Å². The number of pyridine rings is 1. The summed E-state index contributed by atoms with van der Waals surface area (Å²) in [6.07, 6.45) is 3.19. The molecule has 16 atom stereocenters. The number of methoxy groups -OCH3 is 1. The number of halogens is 1. The largest absolute Gasteiger partial charge is 0.500 e. The average molecular weight is 986 g/mol. The number of ether oxygens (including phenoxy) is 1. The Balaban J connectivity index is 2.28. The average Bonchev–Trinajstić information content (AvgIpc) is 3.34. The number of esters is 1. The van der Waals surface area contributed by atoms with Crippen molar-refractivity contribution >= 4 is 32.3 Å². The summed E-state index contributed by atoms with van der Waals surface area (Å²) in [5.74, 6) is 7.17. The van der Waals surface area contributed by atoms with Crippen molar-refractivity contribution in [3.05, 3.63) is 64.5 Å². The van der Waals surface area contributed by atoms with E-state index < -0.39 is 20.4 Å². The number of alkyl halides is 1. The van der Waals surface area contributed by atoms with Crippen molar-refractivity contribution < 1.29 is 27.6 Å². The molecule has 68 heavy (non-hydrogen) atoms. The molecule has 0 aliphatic carbocycles. The van der Waals surface area contributed by atoms with E-state index in [1.54, 1.807) is 20.3 Å². The predicted molar refractivity (Wildman–Crippen MR) is 288 cm³/mol. The quantitative estimate of drug-likeness (QED) is 0.0360. The lowest BCUT2D eigenvalue weighted by atomic mass is 9.61. The van der Waals surface area contributed by atoms with Gasteiger partial charge >= 0.3 is 14.8 Å². The molecule has 16 unspecified atom stereocenters. The normalized spacial score (nSPS) is 20.0. The highest BCUT2D eigenvalue weighted by Gasteiger charge is 2.53. The molecular weight excluding hydrogens is 884 g/mol. The Morgan fingerprint density at radius 2 is 1.16 bits per heavy atom. The predicted octanol–water partition coefficient (Wildman–Crippen LogP) is 15.2. The zero-order valence-corrected chi connectivity index (χ0v) is 49.0. The summed E-state index contributed by atoms with van der Waals surface area (Å²) in [6, 6.07) is 11.9. The van der Waals surface area contributed by atoms with Crippen molar-refractivity contribution in [3.63, 3.8) is 0 Å². The second-order valence-electron chi connectivity index (χ2n) is 22.5. The summed E-state index contributed by atoms with van der Waals surface area (Å²) in [7, 11) is 1.59. The molecule has 1 heterocycles. The van der Waals surface area contributed by atoms with Gasteiger partial charge in [0.25, 0.3) is 5.91 Å². The molecule has 0 spiro atoms. The number of benzene rings is 1. The van der Waals surface area contributed by atoms with Gasteiger partial charge in [0.15, 0.2) is 0 Å². The van der Waals surface area contributed by atoms with Gasteiger partial charge in [-0.2, -0.15) is 0 Å². The molecule has 0 radical (unpaired) electrons. The van der Waals surface area contributed by atoms with Crippen molar-refractivity contribution in [3.8, 4) is 0 Å². The maximum atomic E-state index is 13.4. The third-order valence-corrected chi connectivity index (χ3v) is 22.5. The number of carbonyl (C=O) groups excluding carboxylic acids is 2. The van der Waals surface area contributed by atoms with E-state index in [2.05, 4.69) is 135 Å². The molecule has 0 fully saturated rings. The Hall–Kier alpha value is -2.30. The van der Waals surface area contributed by atoms with Gasteiger partial charge in [0.2, 0.25) is 0 Å². The van der Waals surface area contributed by atoms with Gasteiger partial charge in [-0.3, -0.25) is 4.79 Å². The summed E-state index contributed by atoms with van der Waals surface area (Å²) in [5, 5.41) is 2.84. The minimum atomic E-state index is -3.24. The van der Waals surface area contributed by atoms with E-state index in [9.17, 15) is 9.59 Å². The number of hydrogen-bond acceptors (Lipinski definition) is 7. The zero-order chi connectivity index (χ0) is 52.0. The maximum absolute atomic E-state index is 13.4. The Bertz CT molecular complexity index is 1810. The van der Waals surface area contributed by atoms with Gasteiger partial charge in [-0.05, 0) is 157 Å². The van der Waals surface area contributed by atoms with Crippen LogP contribution in [0.1, 0.15) is 187 Å². The van der Waals surface area contributed by atoms with Crippen LogP contribution in [-0.2, 0) is 24.4 Å². The first-order valence-electron chi connectivity index (χ1n) is 26.6. The first kappa shape index (κ1) is 61.8. The minimum Gasteiger partial charge on any atom is -0.464 e. The summed E-state index contributed by atoms with van der Waals surface area (Å²) >= 11 is 6.79. The van der Waals surface area contributed by atoms with E-state index in [0.717, 1.165) is 11.1 Å². The number of aromatic nitrogens is 1. The fraction of sp³-hybridized carbons (Fsp3) is 0.776. The number of rotatable bonds is 30. The van der Waals surface area contributed by atoms with Crippen LogP contribution >= 0.6 is 11.6 Å². The Morgan fingerprint density at radius 1 is 0.691 bits per heavy atom. The van der Waals surface area contributed by atoms with Gasteiger partial charge in [-0.25, -0.2) is 9.78 Å². The fourth-order valence-corrected chi connectivity index (χ4v) is 13.9. The molecule has 0 aliphatic heterocycles. The van der Waals surface area contributed by atoms with Gasteiger partial charge in [-0.1, -0.05) is 136 Å². The van der Waals surface area contributed by atoms with Crippen LogP contribution in [0.2, 0.25) is 6.04 Å².